The molecule has 2 heterocycles. The van der Waals surface area contributed by atoms with Crippen molar-refractivity contribution in [1.82, 2.24) is 15.5 Å². The minimum Gasteiger partial charge on any atom is -0.356 e. The Morgan fingerprint density at radius 1 is 1.18 bits per heavy atom. The topological polar surface area (TPSA) is 68.8 Å². The van der Waals surface area contributed by atoms with Crippen molar-refractivity contribution in [3.05, 3.63) is 29.8 Å². The van der Waals surface area contributed by atoms with Crippen LogP contribution in [0, 0.1) is 0 Å². The molecule has 0 radical (unpaired) electrons. The number of nitrogens with zero attached hydrogens (tertiary/aromatic N) is 2. The van der Waals surface area contributed by atoms with E-state index < -0.39 is 0 Å². The summed E-state index contributed by atoms with van der Waals surface area (Å²) < 4.78 is 0. The molecule has 1 fully saturated rings. The van der Waals surface area contributed by atoms with Crippen molar-refractivity contribution in [2.45, 2.75) is 44.4 Å². The molecule has 3 N–H and O–H groups in total. The van der Waals surface area contributed by atoms with Crippen LogP contribution in [0.4, 0.5) is 5.69 Å². The predicted octanol–water partition coefficient (Wildman–Crippen LogP) is 3.16. The minimum absolute atomic E-state index is 0. The van der Waals surface area contributed by atoms with Gasteiger partial charge in [-0.05, 0) is 50.5 Å². The maximum absolute atomic E-state index is 11.9. The molecule has 1 aromatic rings. The van der Waals surface area contributed by atoms with Gasteiger partial charge >= 0.3 is 0 Å². The number of rotatable bonds is 6. The van der Waals surface area contributed by atoms with E-state index in [0.29, 0.717) is 13.0 Å². The zero-order chi connectivity index (χ0) is 18.9. The first-order valence-electron chi connectivity index (χ1n) is 10.3. The van der Waals surface area contributed by atoms with Crippen LogP contribution < -0.4 is 16.0 Å². The largest absolute Gasteiger partial charge is 0.356 e. The number of carbonyl (C=O) groups excluding carboxylic acids is 1. The van der Waals surface area contributed by atoms with Crippen LogP contribution in [0.15, 0.2) is 29.3 Å². The number of guanidine groups is 1. The van der Waals surface area contributed by atoms with Gasteiger partial charge in [0.05, 0.1) is 0 Å². The van der Waals surface area contributed by atoms with Crippen molar-refractivity contribution >= 4 is 41.5 Å². The Bertz CT molecular complexity index is 643. The second kappa shape index (κ2) is 12.3. The summed E-state index contributed by atoms with van der Waals surface area (Å²) in [6, 6.07) is 8.05. The smallest absolute Gasteiger partial charge is 0.225 e. The van der Waals surface area contributed by atoms with Gasteiger partial charge in [-0.1, -0.05) is 31.0 Å². The number of likely N-dealkylation sites (tertiary alicyclic amines) is 1. The van der Waals surface area contributed by atoms with E-state index in [0.717, 1.165) is 31.2 Å². The lowest BCUT2D eigenvalue weighted by molar-refractivity contribution is -0.116. The number of nitrogens with one attached hydrogen (secondary N) is 3. The van der Waals surface area contributed by atoms with Crippen molar-refractivity contribution in [3.8, 4) is 0 Å². The summed E-state index contributed by atoms with van der Waals surface area (Å²) in [7, 11) is 1.80. The fourth-order valence-corrected chi connectivity index (χ4v) is 3.99. The van der Waals surface area contributed by atoms with Crippen LogP contribution in [0.3, 0.4) is 0 Å². The Morgan fingerprint density at radius 3 is 2.68 bits per heavy atom. The van der Waals surface area contributed by atoms with Crippen LogP contribution in [0.25, 0.3) is 0 Å². The van der Waals surface area contributed by atoms with Gasteiger partial charge in [-0.15, -0.1) is 24.0 Å². The van der Waals surface area contributed by atoms with Gasteiger partial charge in [0.15, 0.2) is 5.96 Å². The number of amides is 1. The van der Waals surface area contributed by atoms with Gasteiger partial charge in [-0.2, -0.15) is 0 Å². The number of benzene rings is 1. The van der Waals surface area contributed by atoms with E-state index in [-0.39, 0.29) is 35.8 Å². The number of hydrogen-bond acceptors (Lipinski definition) is 3. The zero-order valence-electron chi connectivity index (χ0n) is 16.9. The van der Waals surface area contributed by atoms with Gasteiger partial charge in [0, 0.05) is 38.2 Å². The van der Waals surface area contributed by atoms with E-state index in [2.05, 4.69) is 31.9 Å². The fraction of sp³-hybridized carbons (Fsp3) is 0.619. The van der Waals surface area contributed by atoms with Crippen molar-refractivity contribution in [2.75, 3.05) is 45.1 Å². The van der Waals surface area contributed by atoms with E-state index in [9.17, 15) is 4.79 Å². The highest BCUT2D eigenvalue weighted by Gasteiger charge is 2.24. The summed E-state index contributed by atoms with van der Waals surface area (Å²) in [6.45, 7) is 5.26. The molecule has 0 aliphatic carbocycles. The lowest BCUT2D eigenvalue weighted by Crippen LogP contribution is -2.41. The first-order chi connectivity index (χ1) is 13.3. The van der Waals surface area contributed by atoms with E-state index >= 15 is 0 Å². The second-order valence-electron chi connectivity index (χ2n) is 7.53. The van der Waals surface area contributed by atoms with Crippen molar-refractivity contribution in [3.63, 3.8) is 0 Å². The lowest BCUT2D eigenvalue weighted by Gasteiger charge is -2.26. The van der Waals surface area contributed by atoms with E-state index in [1.165, 1.54) is 44.3 Å². The molecule has 0 aromatic heterocycles. The monoisotopic (exact) mass is 499 g/mol. The van der Waals surface area contributed by atoms with Gasteiger partial charge in [0.2, 0.25) is 5.91 Å². The van der Waals surface area contributed by atoms with Crippen LogP contribution in [0.2, 0.25) is 0 Å². The normalized spacial score (nSPS) is 20.4. The maximum Gasteiger partial charge on any atom is 0.225 e. The molecule has 7 heteroatoms. The summed E-state index contributed by atoms with van der Waals surface area (Å²) in [5.41, 5.74) is 2.13. The quantitative estimate of drug-likeness (QED) is 0.244. The number of anilines is 1. The molecule has 28 heavy (non-hydrogen) atoms. The SMILES string of the molecule is CN=C(NCCCN1CCCCCC1)NCC1CC(=O)Nc2ccccc21.I. The molecule has 3 rings (SSSR count). The molecule has 0 saturated carbocycles. The summed E-state index contributed by atoms with van der Waals surface area (Å²) >= 11 is 0. The second-order valence-corrected chi connectivity index (χ2v) is 7.53. The molecule has 1 aromatic carbocycles. The summed E-state index contributed by atoms with van der Waals surface area (Å²) in [5.74, 6) is 1.07. The third-order valence-corrected chi connectivity index (χ3v) is 5.49. The standard InChI is InChI=1S/C21H33N5O.HI/c1-22-21(23-11-8-14-26-12-6-2-3-7-13-26)24-16-17-15-20(27)25-19-10-5-4-9-18(17)19;/h4-5,9-10,17H,2-3,6-8,11-16H2,1H3,(H,25,27)(H2,22,23,24);1H. The minimum atomic E-state index is 0. The summed E-state index contributed by atoms with van der Waals surface area (Å²) in [4.78, 5) is 18.9. The Labute approximate surface area is 186 Å². The highest BCUT2D eigenvalue weighted by atomic mass is 127. The van der Waals surface area contributed by atoms with Crippen LogP contribution in [0.5, 0.6) is 0 Å². The van der Waals surface area contributed by atoms with E-state index in [1.807, 2.05) is 18.2 Å². The maximum atomic E-state index is 11.9. The third kappa shape index (κ3) is 6.92. The fourth-order valence-electron chi connectivity index (χ4n) is 3.99. The van der Waals surface area contributed by atoms with Crippen molar-refractivity contribution < 1.29 is 4.79 Å². The number of halogens is 1. The van der Waals surface area contributed by atoms with Crippen molar-refractivity contribution in [2.24, 2.45) is 4.99 Å². The number of para-hydroxylation sites is 1. The molecule has 0 bridgehead atoms. The molecule has 2 aliphatic heterocycles. The van der Waals surface area contributed by atoms with Crippen molar-refractivity contribution in [1.29, 1.82) is 0 Å². The molecule has 1 unspecified atom stereocenters. The Balaban J connectivity index is 0.00000280. The molecule has 156 valence electrons. The average molecular weight is 499 g/mol. The lowest BCUT2D eigenvalue weighted by atomic mass is 9.90. The zero-order valence-corrected chi connectivity index (χ0v) is 19.2. The van der Waals surface area contributed by atoms with Crippen LogP contribution >= 0.6 is 24.0 Å². The number of hydrogen-bond donors (Lipinski definition) is 3. The van der Waals surface area contributed by atoms with Gasteiger partial charge in [-0.3, -0.25) is 9.79 Å². The van der Waals surface area contributed by atoms with Gasteiger partial charge in [0.25, 0.3) is 0 Å². The number of aliphatic imine (C=N–C) groups is 1. The van der Waals surface area contributed by atoms with Crippen LogP contribution in [-0.4, -0.2) is 56.5 Å². The van der Waals surface area contributed by atoms with E-state index in [4.69, 9.17) is 0 Å². The average Bonchev–Trinajstić information content (AvgIpc) is 2.96. The molecular weight excluding hydrogens is 465 g/mol. The van der Waals surface area contributed by atoms with Crippen LogP contribution in [0.1, 0.15) is 50.0 Å². The Kier molecular flexibility index (Phi) is 10.0. The van der Waals surface area contributed by atoms with Gasteiger partial charge in [0.1, 0.15) is 0 Å². The predicted molar refractivity (Wildman–Crippen MR) is 127 cm³/mol. The first kappa shape index (κ1) is 22.9. The molecule has 1 saturated heterocycles. The van der Waals surface area contributed by atoms with Gasteiger partial charge in [-0.25, -0.2) is 0 Å². The third-order valence-electron chi connectivity index (χ3n) is 5.49. The van der Waals surface area contributed by atoms with E-state index in [1.54, 1.807) is 7.05 Å². The van der Waals surface area contributed by atoms with Gasteiger partial charge < -0.3 is 20.9 Å². The first-order valence-corrected chi connectivity index (χ1v) is 10.3. The Hall–Kier alpha value is -1.35. The molecule has 6 nitrogen and oxygen atoms in total. The molecule has 1 amide bonds. The number of carbonyl (C=O) groups is 1. The Morgan fingerprint density at radius 2 is 1.93 bits per heavy atom. The summed E-state index contributed by atoms with van der Waals surface area (Å²) in [6.07, 6.45) is 7.08. The molecular formula is C21H34IN5O. The van der Waals surface area contributed by atoms with Crippen LogP contribution in [-0.2, 0) is 4.79 Å². The molecule has 0 spiro atoms. The molecule has 1 atom stereocenters. The highest BCUT2D eigenvalue weighted by molar-refractivity contribution is 14.0. The number of fused-ring (bicyclic) bond motifs is 1. The summed E-state index contributed by atoms with van der Waals surface area (Å²) in [5, 5.41) is 9.76. The highest BCUT2D eigenvalue weighted by Crippen LogP contribution is 2.31. The molecule has 2 aliphatic rings.